The number of carbonyl (C=O) groups excluding carboxylic acids is 1. The molecule has 2 amide bonds. The second-order valence-electron chi connectivity index (χ2n) is 6.42. The predicted molar refractivity (Wildman–Crippen MR) is 83.2 cm³/mol. The van der Waals surface area contributed by atoms with Crippen LogP contribution in [-0.2, 0) is 4.79 Å². The molecule has 0 aromatic heterocycles. The number of urea groups is 1. The molecule has 0 spiro atoms. The third-order valence-electron chi connectivity index (χ3n) is 4.23. The van der Waals surface area contributed by atoms with E-state index in [2.05, 4.69) is 27.7 Å². The number of amides is 2. The Bertz CT molecular complexity index is 353. The van der Waals surface area contributed by atoms with Gasteiger partial charge < -0.3 is 14.9 Å². The molecule has 122 valence electrons. The van der Waals surface area contributed by atoms with Crippen LogP contribution in [0.1, 0.15) is 53.4 Å². The van der Waals surface area contributed by atoms with Crippen molar-refractivity contribution in [3.8, 4) is 0 Å². The summed E-state index contributed by atoms with van der Waals surface area (Å²) in [5.74, 6) is -0.787. The van der Waals surface area contributed by atoms with Gasteiger partial charge in [-0.2, -0.15) is 0 Å². The first-order chi connectivity index (χ1) is 9.90. The summed E-state index contributed by atoms with van der Waals surface area (Å²) >= 11 is 0. The quantitative estimate of drug-likeness (QED) is 0.820. The highest BCUT2D eigenvalue weighted by atomic mass is 16.4. The van der Waals surface area contributed by atoms with Crippen LogP contribution >= 0.6 is 0 Å². The van der Waals surface area contributed by atoms with Crippen molar-refractivity contribution >= 4 is 12.0 Å². The van der Waals surface area contributed by atoms with Crippen LogP contribution in [0.2, 0.25) is 0 Å². The van der Waals surface area contributed by atoms with Gasteiger partial charge in [-0.05, 0) is 31.6 Å². The Labute approximate surface area is 128 Å². The maximum atomic E-state index is 12.8. The number of nitrogens with zero attached hydrogens (tertiary/aromatic N) is 2. The number of rotatable bonds is 6. The lowest BCUT2D eigenvalue weighted by Gasteiger charge is -2.39. The van der Waals surface area contributed by atoms with Crippen molar-refractivity contribution in [3.05, 3.63) is 0 Å². The van der Waals surface area contributed by atoms with E-state index in [4.69, 9.17) is 0 Å². The first-order valence-corrected chi connectivity index (χ1v) is 8.18. The van der Waals surface area contributed by atoms with Crippen molar-refractivity contribution in [3.63, 3.8) is 0 Å². The summed E-state index contributed by atoms with van der Waals surface area (Å²) in [6, 6.07) is 0.258. The average Bonchev–Trinajstić information content (AvgIpc) is 2.46. The van der Waals surface area contributed by atoms with Gasteiger partial charge in [-0.25, -0.2) is 4.79 Å². The molecule has 1 aliphatic rings. The molecule has 1 rings (SSSR count). The molecular formula is C16H30N2O3. The normalized spacial score (nSPS) is 19.1. The van der Waals surface area contributed by atoms with Crippen molar-refractivity contribution < 1.29 is 14.7 Å². The highest BCUT2D eigenvalue weighted by molar-refractivity contribution is 5.77. The van der Waals surface area contributed by atoms with Crippen molar-refractivity contribution in [2.75, 3.05) is 19.6 Å². The largest absolute Gasteiger partial charge is 0.481 e. The van der Waals surface area contributed by atoms with Gasteiger partial charge in [0.15, 0.2) is 0 Å². The molecule has 0 aromatic carbocycles. The van der Waals surface area contributed by atoms with Gasteiger partial charge >= 0.3 is 12.0 Å². The molecule has 1 atom stereocenters. The van der Waals surface area contributed by atoms with E-state index in [-0.39, 0.29) is 12.1 Å². The molecule has 5 nitrogen and oxygen atoms in total. The predicted octanol–water partition coefficient (Wildman–Crippen LogP) is 3.05. The molecule has 0 aliphatic carbocycles. The van der Waals surface area contributed by atoms with Crippen LogP contribution < -0.4 is 0 Å². The molecule has 0 radical (unpaired) electrons. The highest BCUT2D eigenvalue weighted by Gasteiger charge is 2.32. The van der Waals surface area contributed by atoms with E-state index in [1.807, 2.05) is 4.90 Å². The maximum absolute atomic E-state index is 12.8. The number of carboxylic acids is 1. The van der Waals surface area contributed by atoms with Crippen molar-refractivity contribution in [1.29, 1.82) is 0 Å². The fourth-order valence-corrected chi connectivity index (χ4v) is 3.04. The topological polar surface area (TPSA) is 60.9 Å². The Hall–Kier alpha value is -1.26. The van der Waals surface area contributed by atoms with Gasteiger partial charge in [0.2, 0.25) is 0 Å². The van der Waals surface area contributed by atoms with Crippen LogP contribution in [0.5, 0.6) is 0 Å². The van der Waals surface area contributed by atoms with Crippen LogP contribution in [0.15, 0.2) is 0 Å². The summed E-state index contributed by atoms with van der Waals surface area (Å²) in [5.41, 5.74) is 0. The molecular weight excluding hydrogens is 268 g/mol. The number of aliphatic carboxylic acids is 1. The molecule has 1 N–H and O–H groups in total. The van der Waals surface area contributed by atoms with Crippen LogP contribution in [0.25, 0.3) is 0 Å². The lowest BCUT2D eigenvalue weighted by Crippen LogP contribution is -2.52. The zero-order chi connectivity index (χ0) is 16.0. The van der Waals surface area contributed by atoms with Crippen LogP contribution in [0, 0.1) is 11.8 Å². The SMILES string of the molecule is CCC(CC)N(CC(C)C)C(=O)N1CCC[C@@H](C(=O)O)C1. The number of likely N-dealkylation sites (tertiary alicyclic amines) is 1. The zero-order valence-corrected chi connectivity index (χ0v) is 13.8. The van der Waals surface area contributed by atoms with Gasteiger partial charge in [0.05, 0.1) is 5.92 Å². The van der Waals surface area contributed by atoms with E-state index in [0.29, 0.717) is 25.4 Å². The van der Waals surface area contributed by atoms with Crippen molar-refractivity contribution in [2.45, 2.75) is 59.4 Å². The Kier molecular flexibility index (Phi) is 6.99. The highest BCUT2D eigenvalue weighted by Crippen LogP contribution is 2.21. The van der Waals surface area contributed by atoms with Gasteiger partial charge in [-0.1, -0.05) is 27.7 Å². The summed E-state index contributed by atoms with van der Waals surface area (Å²) < 4.78 is 0. The zero-order valence-electron chi connectivity index (χ0n) is 13.8. The van der Waals surface area contributed by atoms with Crippen LogP contribution in [0.4, 0.5) is 4.79 Å². The number of hydrogen-bond acceptors (Lipinski definition) is 2. The molecule has 0 saturated carbocycles. The van der Waals surface area contributed by atoms with Crippen LogP contribution in [-0.4, -0.2) is 52.6 Å². The number of carboxylic acid groups (broad SMARTS) is 1. The lowest BCUT2D eigenvalue weighted by molar-refractivity contribution is -0.143. The molecule has 0 aromatic rings. The van der Waals surface area contributed by atoms with E-state index >= 15 is 0 Å². The summed E-state index contributed by atoms with van der Waals surface area (Å²) in [7, 11) is 0. The second-order valence-corrected chi connectivity index (χ2v) is 6.42. The summed E-state index contributed by atoms with van der Waals surface area (Å²) in [4.78, 5) is 27.7. The van der Waals surface area contributed by atoms with Crippen molar-refractivity contribution in [2.24, 2.45) is 11.8 Å². The Morgan fingerprint density at radius 1 is 1.29 bits per heavy atom. The molecule has 0 unspecified atom stereocenters. The summed E-state index contributed by atoms with van der Waals surface area (Å²) in [6.45, 7) is 10.2. The van der Waals surface area contributed by atoms with Gasteiger partial charge in [0, 0.05) is 25.7 Å². The number of hydrogen-bond donors (Lipinski definition) is 1. The Balaban J connectivity index is 2.81. The summed E-state index contributed by atoms with van der Waals surface area (Å²) in [5, 5.41) is 9.17. The maximum Gasteiger partial charge on any atom is 0.320 e. The minimum absolute atomic E-state index is 0.0170. The third kappa shape index (κ3) is 4.90. The monoisotopic (exact) mass is 298 g/mol. The minimum atomic E-state index is -0.787. The smallest absolute Gasteiger partial charge is 0.320 e. The van der Waals surface area contributed by atoms with E-state index < -0.39 is 11.9 Å². The lowest BCUT2D eigenvalue weighted by atomic mass is 9.98. The minimum Gasteiger partial charge on any atom is -0.481 e. The first kappa shape index (κ1) is 17.8. The van der Waals surface area contributed by atoms with Crippen molar-refractivity contribution in [1.82, 2.24) is 9.80 Å². The average molecular weight is 298 g/mol. The molecule has 1 aliphatic heterocycles. The van der Waals surface area contributed by atoms with E-state index in [1.165, 1.54) is 0 Å². The molecule has 21 heavy (non-hydrogen) atoms. The van der Waals surface area contributed by atoms with Gasteiger partial charge in [-0.15, -0.1) is 0 Å². The molecule has 1 saturated heterocycles. The standard InChI is InChI=1S/C16H30N2O3/c1-5-14(6-2)18(10-12(3)4)16(21)17-9-7-8-13(11-17)15(19)20/h12-14H,5-11H2,1-4H3,(H,19,20)/t13-/m1/s1. The number of carbonyl (C=O) groups is 2. The Morgan fingerprint density at radius 3 is 2.38 bits per heavy atom. The molecule has 5 heteroatoms. The Morgan fingerprint density at radius 2 is 1.90 bits per heavy atom. The van der Waals surface area contributed by atoms with Gasteiger partial charge in [-0.3, -0.25) is 4.79 Å². The van der Waals surface area contributed by atoms with E-state index in [1.54, 1.807) is 4.90 Å². The third-order valence-corrected chi connectivity index (χ3v) is 4.23. The summed E-state index contributed by atoms with van der Waals surface area (Å²) in [6.07, 6.45) is 3.33. The van der Waals surface area contributed by atoms with Crippen LogP contribution in [0.3, 0.4) is 0 Å². The second kappa shape index (κ2) is 8.25. The first-order valence-electron chi connectivity index (χ1n) is 8.18. The van der Waals surface area contributed by atoms with E-state index in [0.717, 1.165) is 25.8 Å². The molecule has 1 heterocycles. The fourth-order valence-electron chi connectivity index (χ4n) is 3.04. The van der Waals surface area contributed by atoms with Gasteiger partial charge in [0.25, 0.3) is 0 Å². The fraction of sp³-hybridized carbons (Fsp3) is 0.875. The molecule has 0 bridgehead atoms. The van der Waals surface area contributed by atoms with E-state index in [9.17, 15) is 14.7 Å². The van der Waals surface area contributed by atoms with Gasteiger partial charge in [0.1, 0.15) is 0 Å². The molecule has 1 fully saturated rings. The number of piperidine rings is 1.